The van der Waals surface area contributed by atoms with Gasteiger partial charge in [0, 0.05) is 13.2 Å². The first-order chi connectivity index (χ1) is 7.22. The zero-order chi connectivity index (χ0) is 10.8. The second-order valence-electron chi connectivity index (χ2n) is 3.62. The topological polar surface area (TPSA) is 89.8 Å². The van der Waals surface area contributed by atoms with Gasteiger partial charge in [-0.1, -0.05) is 6.92 Å². The van der Waals surface area contributed by atoms with Gasteiger partial charge in [0.1, 0.15) is 11.8 Å². The third-order valence-electron chi connectivity index (χ3n) is 2.25. The Hall–Kier alpha value is -1.69. The Morgan fingerprint density at radius 1 is 1.47 bits per heavy atom. The van der Waals surface area contributed by atoms with Gasteiger partial charge >= 0.3 is 0 Å². The second kappa shape index (κ2) is 3.82. The largest absolute Gasteiger partial charge is 0.396 e. The predicted octanol–water partition coefficient (Wildman–Crippen LogP) is 0.0369. The van der Waals surface area contributed by atoms with E-state index in [1.807, 2.05) is 11.5 Å². The van der Waals surface area contributed by atoms with E-state index >= 15 is 0 Å². The highest BCUT2D eigenvalue weighted by Crippen LogP contribution is 2.15. The Balaban J connectivity index is 2.41. The van der Waals surface area contributed by atoms with Gasteiger partial charge in [0.2, 0.25) is 0 Å². The van der Waals surface area contributed by atoms with Crippen molar-refractivity contribution in [3.8, 4) is 0 Å². The van der Waals surface area contributed by atoms with E-state index in [2.05, 4.69) is 15.0 Å². The minimum atomic E-state index is 0.139. The fourth-order valence-electron chi connectivity index (χ4n) is 1.43. The highest BCUT2D eigenvalue weighted by molar-refractivity contribution is 5.80. The van der Waals surface area contributed by atoms with Crippen molar-refractivity contribution in [3.05, 3.63) is 12.7 Å². The molecule has 0 saturated carbocycles. The standard InChI is InChI=1S/C9H13N5O/c1-6(3-15)2-14-5-13-7-8(10)11-4-12-9(7)14/h4-6,15H,2-3H2,1H3,(H2,10,11,12). The first kappa shape index (κ1) is 9.85. The molecule has 80 valence electrons. The number of nitrogen functional groups attached to an aromatic ring is 1. The Bertz CT molecular complexity index is 466. The molecule has 2 aromatic rings. The van der Waals surface area contributed by atoms with E-state index in [0.29, 0.717) is 23.5 Å². The van der Waals surface area contributed by atoms with Crippen molar-refractivity contribution in [2.75, 3.05) is 12.3 Å². The number of nitrogens with zero attached hydrogens (tertiary/aromatic N) is 4. The van der Waals surface area contributed by atoms with E-state index in [0.717, 1.165) is 0 Å². The zero-order valence-corrected chi connectivity index (χ0v) is 8.46. The molecule has 2 heterocycles. The van der Waals surface area contributed by atoms with Crippen molar-refractivity contribution in [1.29, 1.82) is 0 Å². The number of anilines is 1. The molecular weight excluding hydrogens is 194 g/mol. The van der Waals surface area contributed by atoms with Crippen LogP contribution in [-0.2, 0) is 6.54 Å². The maximum absolute atomic E-state index is 8.97. The minimum absolute atomic E-state index is 0.139. The highest BCUT2D eigenvalue weighted by Gasteiger charge is 2.09. The zero-order valence-electron chi connectivity index (χ0n) is 8.46. The maximum Gasteiger partial charge on any atom is 0.165 e. The van der Waals surface area contributed by atoms with Gasteiger partial charge in [0.25, 0.3) is 0 Å². The van der Waals surface area contributed by atoms with Crippen LogP contribution in [0.4, 0.5) is 5.82 Å². The number of hydrogen-bond donors (Lipinski definition) is 2. The molecule has 15 heavy (non-hydrogen) atoms. The van der Waals surface area contributed by atoms with Crippen LogP contribution in [0, 0.1) is 5.92 Å². The molecule has 0 aliphatic rings. The van der Waals surface area contributed by atoms with Crippen molar-refractivity contribution < 1.29 is 5.11 Å². The summed E-state index contributed by atoms with van der Waals surface area (Å²) in [4.78, 5) is 12.1. The summed E-state index contributed by atoms with van der Waals surface area (Å²) in [6.45, 7) is 2.76. The number of imidazole rings is 1. The smallest absolute Gasteiger partial charge is 0.165 e. The van der Waals surface area contributed by atoms with E-state index < -0.39 is 0 Å². The molecule has 0 saturated heterocycles. The molecule has 0 fully saturated rings. The predicted molar refractivity (Wildman–Crippen MR) is 56.0 cm³/mol. The normalized spacial score (nSPS) is 13.2. The van der Waals surface area contributed by atoms with Crippen molar-refractivity contribution in [2.45, 2.75) is 13.5 Å². The molecule has 0 bridgehead atoms. The van der Waals surface area contributed by atoms with Crippen LogP contribution in [0.5, 0.6) is 0 Å². The number of hydrogen-bond acceptors (Lipinski definition) is 5. The van der Waals surface area contributed by atoms with E-state index in [1.54, 1.807) is 6.33 Å². The van der Waals surface area contributed by atoms with Crippen LogP contribution in [0.1, 0.15) is 6.92 Å². The summed E-state index contributed by atoms with van der Waals surface area (Å²) in [5.41, 5.74) is 6.98. The lowest BCUT2D eigenvalue weighted by molar-refractivity contribution is 0.224. The van der Waals surface area contributed by atoms with Crippen molar-refractivity contribution in [1.82, 2.24) is 19.5 Å². The summed E-state index contributed by atoms with van der Waals surface area (Å²) in [7, 11) is 0. The van der Waals surface area contributed by atoms with Gasteiger partial charge in [0.05, 0.1) is 6.33 Å². The van der Waals surface area contributed by atoms with Crippen LogP contribution < -0.4 is 5.73 Å². The summed E-state index contributed by atoms with van der Waals surface area (Å²) in [5, 5.41) is 8.97. The van der Waals surface area contributed by atoms with Crippen LogP contribution in [-0.4, -0.2) is 31.2 Å². The van der Waals surface area contributed by atoms with Crippen LogP contribution in [0.2, 0.25) is 0 Å². The average molecular weight is 207 g/mol. The molecule has 0 aliphatic carbocycles. The summed E-state index contributed by atoms with van der Waals surface area (Å²) in [5.74, 6) is 0.550. The lowest BCUT2D eigenvalue weighted by Gasteiger charge is -2.08. The van der Waals surface area contributed by atoms with Gasteiger partial charge in [-0.15, -0.1) is 0 Å². The number of rotatable bonds is 3. The summed E-state index contributed by atoms with van der Waals surface area (Å²) in [6.07, 6.45) is 3.08. The third-order valence-corrected chi connectivity index (χ3v) is 2.25. The van der Waals surface area contributed by atoms with Gasteiger partial charge < -0.3 is 15.4 Å². The molecule has 0 amide bonds. The highest BCUT2D eigenvalue weighted by atomic mass is 16.3. The summed E-state index contributed by atoms with van der Waals surface area (Å²) < 4.78 is 1.87. The lowest BCUT2D eigenvalue weighted by Crippen LogP contribution is -2.10. The first-order valence-electron chi connectivity index (χ1n) is 4.74. The molecule has 2 aromatic heterocycles. The molecular formula is C9H13N5O. The van der Waals surface area contributed by atoms with Crippen molar-refractivity contribution in [3.63, 3.8) is 0 Å². The number of aromatic nitrogens is 4. The Labute approximate surface area is 86.8 Å². The Morgan fingerprint density at radius 2 is 2.27 bits per heavy atom. The molecule has 0 aliphatic heterocycles. The Morgan fingerprint density at radius 3 is 3.00 bits per heavy atom. The van der Waals surface area contributed by atoms with E-state index in [-0.39, 0.29) is 12.5 Å². The molecule has 6 nitrogen and oxygen atoms in total. The van der Waals surface area contributed by atoms with Gasteiger partial charge in [0.15, 0.2) is 11.5 Å². The monoisotopic (exact) mass is 207 g/mol. The SMILES string of the molecule is CC(CO)Cn1cnc2c(N)ncnc21. The fraction of sp³-hybridized carbons (Fsp3) is 0.444. The van der Waals surface area contributed by atoms with Crippen molar-refractivity contribution in [2.24, 2.45) is 5.92 Å². The maximum atomic E-state index is 8.97. The number of aliphatic hydroxyl groups is 1. The molecule has 0 spiro atoms. The van der Waals surface area contributed by atoms with Gasteiger partial charge in [-0.25, -0.2) is 15.0 Å². The molecule has 3 N–H and O–H groups in total. The molecule has 1 atom stereocenters. The third kappa shape index (κ3) is 1.75. The molecule has 2 rings (SSSR count). The van der Waals surface area contributed by atoms with Crippen LogP contribution in [0.15, 0.2) is 12.7 Å². The summed E-state index contributed by atoms with van der Waals surface area (Å²) >= 11 is 0. The quantitative estimate of drug-likeness (QED) is 0.741. The molecule has 1 unspecified atom stereocenters. The average Bonchev–Trinajstić information content (AvgIpc) is 2.63. The summed E-state index contributed by atoms with van der Waals surface area (Å²) in [6, 6.07) is 0. The Kier molecular flexibility index (Phi) is 2.51. The second-order valence-corrected chi connectivity index (χ2v) is 3.62. The van der Waals surface area contributed by atoms with Crippen molar-refractivity contribution >= 4 is 17.0 Å². The number of fused-ring (bicyclic) bond motifs is 1. The number of nitrogens with two attached hydrogens (primary N) is 1. The molecule has 0 radical (unpaired) electrons. The molecule has 6 heteroatoms. The fourth-order valence-corrected chi connectivity index (χ4v) is 1.43. The molecule has 0 aromatic carbocycles. The minimum Gasteiger partial charge on any atom is -0.396 e. The van der Waals surface area contributed by atoms with E-state index in [9.17, 15) is 0 Å². The van der Waals surface area contributed by atoms with Gasteiger partial charge in [-0.05, 0) is 5.92 Å². The van der Waals surface area contributed by atoms with Crippen LogP contribution >= 0.6 is 0 Å². The van der Waals surface area contributed by atoms with Crippen LogP contribution in [0.25, 0.3) is 11.2 Å². The first-order valence-corrected chi connectivity index (χ1v) is 4.74. The van der Waals surface area contributed by atoms with Crippen LogP contribution in [0.3, 0.4) is 0 Å². The number of aliphatic hydroxyl groups excluding tert-OH is 1. The lowest BCUT2D eigenvalue weighted by atomic mass is 10.2. The van der Waals surface area contributed by atoms with E-state index in [1.165, 1.54) is 6.33 Å². The van der Waals surface area contributed by atoms with Gasteiger partial charge in [-0.2, -0.15) is 0 Å². The van der Waals surface area contributed by atoms with Gasteiger partial charge in [-0.3, -0.25) is 0 Å². The van der Waals surface area contributed by atoms with E-state index in [4.69, 9.17) is 10.8 Å².